The van der Waals surface area contributed by atoms with Crippen molar-refractivity contribution in [3.05, 3.63) is 59.3 Å². The Bertz CT molecular complexity index is 641. The molecular formula is C15H13ClN2O2. The monoisotopic (exact) mass is 288 g/mol. The smallest absolute Gasteiger partial charge is 0.249 e. The second-order valence-corrected chi connectivity index (χ2v) is 4.39. The zero-order valence-corrected chi connectivity index (χ0v) is 11.6. The summed E-state index contributed by atoms with van der Waals surface area (Å²) in [6, 6.07) is 10.6. The van der Waals surface area contributed by atoms with E-state index in [-0.39, 0.29) is 5.91 Å². The molecule has 0 aliphatic rings. The van der Waals surface area contributed by atoms with Crippen LogP contribution in [-0.2, 0) is 4.79 Å². The van der Waals surface area contributed by atoms with Crippen molar-refractivity contribution in [2.75, 3.05) is 12.4 Å². The number of carbonyl (C=O) groups is 1. The van der Waals surface area contributed by atoms with Gasteiger partial charge in [0.2, 0.25) is 5.91 Å². The third-order valence-electron chi connectivity index (χ3n) is 2.49. The molecule has 0 unspecified atom stereocenters. The molecule has 0 aliphatic heterocycles. The van der Waals surface area contributed by atoms with E-state index in [2.05, 4.69) is 10.3 Å². The lowest BCUT2D eigenvalue weighted by Gasteiger charge is -2.02. The van der Waals surface area contributed by atoms with E-state index in [1.807, 2.05) is 24.3 Å². The molecule has 20 heavy (non-hydrogen) atoms. The van der Waals surface area contributed by atoms with Crippen LogP contribution in [0.15, 0.2) is 48.7 Å². The second-order valence-electron chi connectivity index (χ2n) is 3.96. The number of methoxy groups -OCH3 is 1. The van der Waals surface area contributed by atoms with E-state index in [0.717, 1.165) is 11.3 Å². The maximum atomic E-state index is 11.7. The molecule has 1 N–H and O–H groups in total. The maximum Gasteiger partial charge on any atom is 0.249 e. The number of aromatic nitrogens is 1. The molecule has 0 aliphatic carbocycles. The van der Waals surface area contributed by atoms with Gasteiger partial charge in [0.15, 0.2) is 0 Å². The number of anilines is 1. The third-order valence-corrected chi connectivity index (χ3v) is 2.73. The minimum absolute atomic E-state index is 0.275. The Labute approximate surface area is 122 Å². The molecule has 0 spiro atoms. The topological polar surface area (TPSA) is 51.2 Å². The lowest BCUT2D eigenvalue weighted by Crippen LogP contribution is -2.08. The number of amides is 1. The van der Waals surface area contributed by atoms with Crippen molar-refractivity contribution in [1.82, 2.24) is 4.98 Å². The Morgan fingerprint density at radius 3 is 2.95 bits per heavy atom. The van der Waals surface area contributed by atoms with Gasteiger partial charge in [-0.3, -0.25) is 4.79 Å². The highest BCUT2D eigenvalue weighted by Gasteiger charge is 2.00. The van der Waals surface area contributed by atoms with Crippen molar-refractivity contribution in [2.45, 2.75) is 0 Å². The van der Waals surface area contributed by atoms with Gasteiger partial charge in [-0.1, -0.05) is 23.7 Å². The van der Waals surface area contributed by atoms with E-state index in [0.29, 0.717) is 10.8 Å². The van der Waals surface area contributed by atoms with Crippen molar-refractivity contribution in [2.24, 2.45) is 0 Å². The Morgan fingerprint density at radius 1 is 1.35 bits per heavy atom. The van der Waals surface area contributed by atoms with Gasteiger partial charge in [0.1, 0.15) is 11.6 Å². The van der Waals surface area contributed by atoms with Gasteiger partial charge in [0, 0.05) is 17.3 Å². The first-order valence-electron chi connectivity index (χ1n) is 5.92. The van der Waals surface area contributed by atoms with Crippen molar-refractivity contribution in [1.29, 1.82) is 0 Å². The summed E-state index contributed by atoms with van der Waals surface area (Å²) >= 11 is 5.81. The third kappa shape index (κ3) is 4.10. The van der Waals surface area contributed by atoms with E-state index >= 15 is 0 Å². The van der Waals surface area contributed by atoms with E-state index in [1.165, 1.54) is 12.3 Å². The number of hydrogen-bond acceptors (Lipinski definition) is 3. The number of carbonyl (C=O) groups excluding carboxylic acids is 1. The average Bonchev–Trinajstić information content (AvgIpc) is 2.45. The average molecular weight is 289 g/mol. The predicted octanol–water partition coefficient (Wildman–Crippen LogP) is 3.40. The van der Waals surface area contributed by atoms with Crippen molar-refractivity contribution in [3.8, 4) is 5.75 Å². The van der Waals surface area contributed by atoms with Crippen LogP contribution in [0.3, 0.4) is 0 Å². The van der Waals surface area contributed by atoms with Crippen LogP contribution in [0.25, 0.3) is 6.08 Å². The highest BCUT2D eigenvalue weighted by Crippen LogP contribution is 2.14. The number of ether oxygens (including phenoxy) is 1. The van der Waals surface area contributed by atoms with E-state index in [9.17, 15) is 4.79 Å². The summed E-state index contributed by atoms with van der Waals surface area (Å²) in [7, 11) is 1.60. The largest absolute Gasteiger partial charge is 0.497 e. The Morgan fingerprint density at radius 2 is 2.20 bits per heavy atom. The van der Waals surface area contributed by atoms with Crippen LogP contribution < -0.4 is 10.1 Å². The van der Waals surface area contributed by atoms with E-state index in [1.54, 1.807) is 25.3 Å². The minimum Gasteiger partial charge on any atom is -0.497 e. The van der Waals surface area contributed by atoms with Crippen LogP contribution in [0.1, 0.15) is 5.56 Å². The first kappa shape index (κ1) is 14.1. The van der Waals surface area contributed by atoms with E-state index < -0.39 is 0 Å². The van der Waals surface area contributed by atoms with E-state index in [4.69, 9.17) is 16.3 Å². The number of hydrogen-bond donors (Lipinski definition) is 1. The lowest BCUT2D eigenvalue weighted by molar-refractivity contribution is -0.111. The van der Waals surface area contributed by atoms with Gasteiger partial charge in [-0.25, -0.2) is 4.98 Å². The van der Waals surface area contributed by atoms with Gasteiger partial charge in [-0.15, -0.1) is 0 Å². The molecule has 2 rings (SSSR count). The molecular weight excluding hydrogens is 276 g/mol. The SMILES string of the molecule is COc1cccc(/C=C/C(=O)Nc2cc(Cl)ccn2)c1. The molecule has 0 radical (unpaired) electrons. The van der Waals surface area contributed by atoms with Crippen LogP contribution in [-0.4, -0.2) is 18.0 Å². The van der Waals surface area contributed by atoms with Gasteiger partial charge in [-0.2, -0.15) is 0 Å². The van der Waals surface area contributed by atoms with Crippen molar-refractivity contribution >= 4 is 29.4 Å². The molecule has 0 atom stereocenters. The molecule has 1 amide bonds. The molecule has 102 valence electrons. The second kappa shape index (κ2) is 6.73. The summed E-state index contributed by atoms with van der Waals surface area (Å²) in [4.78, 5) is 15.7. The molecule has 2 aromatic rings. The number of halogens is 1. The van der Waals surface area contributed by atoms with Gasteiger partial charge in [0.25, 0.3) is 0 Å². The van der Waals surface area contributed by atoms with Gasteiger partial charge < -0.3 is 10.1 Å². The number of benzene rings is 1. The van der Waals surface area contributed by atoms with Crippen LogP contribution in [0.2, 0.25) is 5.02 Å². The summed E-state index contributed by atoms with van der Waals surface area (Å²) in [5.41, 5.74) is 0.874. The predicted molar refractivity (Wildman–Crippen MR) is 79.9 cm³/mol. The first-order chi connectivity index (χ1) is 9.67. The zero-order valence-electron chi connectivity index (χ0n) is 10.8. The molecule has 0 saturated heterocycles. The maximum absolute atomic E-state index is 11.7. The van der Waals surface area contributed by atoms with Gasteiger partial charge in [-0.05, 0) is 35.9 Å². The molecule has 0 saturated carbocycles. The van der Waals surface area contributed by atoms with Crippen LogP contribution in [0, 0.1) is 0 Å². The van der Waals surface area contributed by atoms with Crippen molar-refractivity contribution in [3.63, 3.8) is 0 Å². The zero-order chi connectivity index (χ0) is 14.4. The highest BCUT2D eigenvalue weighted by atomic mass is 35.5. The Kier molecular flexibility index (Phi) is 4.74. The minimum atomic E-state index is -0.275. The van der Waals surface area contributed by atoms with Crippen LogP contribution >= 0.6 is 11.6 Å². The lowest BCUT2D eigenvalue weighted by atomic mass is 10.2. The van der Waals surface area contributed by atoms with Crippen LogP contribution in [0.5, 0.6) is 5.75 Å². The van der Waals surface area contributed by atoms with Crippen molar-refractivity contribution < 1.29 is 9.53 Å². The first-order valence-corrected chi connectivity index (χ1v) is 6.30. The number of rotatable bonds is 4. The number of nitrogens with one attached hydrogen (secondary N) is 1. The van der Waals surface area contributed by atoms with Gasteiger partial charge in [0.05, 0.1) is 7.11 Å². The Hall–Kier alpha value is -2.33. The standard InChI is InChI=1S/C15H13ClN2O2/c1-20-13-4-2-3-11(9-13)5-6-15(19)18-14-10-12(16)7-8-17-14/h2-10H,1H3,(H,17,18,19)/b6-5+. The number of pyridine rings is 1. The highest BCUT2D eigenvalue weighted by molar-refractivity contribution is 6.30. The van der Waals surface area contributed by atoms with Gasteiger partial charge >= 0.3 is 0 Å². The molecule has 5 heteroatoms. The van der Waals surface area contributed by atoms with Crippen LogP contribution in [0.4, 0.5) is 5.82 Å². The molecule has 0 bridgehead atoms. The summed E-state index contributed by atoms with van der Waals surface area (Å²) in [5, 5.41) is 3.15. The summed E-state index contributed by atoms with van der Waals surface area (Å²) < 4.78 is 5.11. The fourth-order valence-corrected chi connectivity index (χ4v) is 1.72. The Balaban J connectivity index is 2.02. The summed E-state index contributed by atoms with van der Waals surface area (Å²) in [5.74, 6) is 0.879. The molecule has 1 aromatic heterocycles. The fourth-order valence-electron chi connectivity index (χ4n) is 1.56. The fraction of sp³-hybridized carbons (Fsp3) is 0.0667. The molecule has 4 nitrogen and oxygen atoms in total. The quantitative estimate of drug-likeness (QED) is 0.877. The molecule has 1 heterocycles. The molecule has 1 aromatic carbocycles. The summed E-state index contributed by atoms with van der Waals surface area (Å²) in [6.45, 7) is 0. The normalized spacial score (nSPS) is 10.5. The number of nitrogens with zero attached hydrogens (tertiary/aromatic N) is 1. The molecule has 0 fully saturated rings. The summed E-state index contributed by atoms with van der Waals surface area (Å²) in [6.07, 6.45) is 4.66.